The Balaban J connectivity index is 0.00000119. The van der Waals surface area contributed by atoms with E-state index in [9.17, 15) is 5.11 Å². The Hall–Kier alpha value is -2.60. The van der Waals surface area contributed by atoms with Gasteiger partial charge in [-0.15, -0.1) is 0 Å². The van der Waals surface area contributed by atoms with Crippen molar-refractivity contribution in [3.8, 4) is 5.75 Å². The molecule has 0 amide bonds. The lowest BCUT2D eigenvalue weighted by Crippen LogP contribution is -2.53. The molecule has 39 heavy (non-hydrogen) atoms. The van der Waals surface area contributed by atoms with Crippen LogP contribution < -0.4 is 4.74 Å². The van der Waals surface area contributed by atoms with Gasteiger partial charge in [0.1, 0.15) is 12.4 Å². The number of ether oxygens (including phenoxy) is 1. The van der Waals surface area contributed by atoms with E-state index in [1.165, 1.54) is 28.8 Å². The summed E-state index contributed by atoms with van der Waals surface area (Å²) < 4.78 is 5.87. The molecule has 5 nitrogen and oxygen atoms in total. The van der Waals surface area contributed by atoms with Crippen molar-refractivity contribution < 1.29 is 14.9 Å². The molecule has 218 valence electrons. The predicted molar refractivity (Wildman–Crippen MR) is 168 cm³/mol. The number of hydrogen-bond donors (Lipinski definition) is 2. The molecule has 2 heterocycles. The molecule has 1 aromatic rings. The summed E-state index contributed by atoms with van der Waals surface area (Å²) in [5.74, 6) is 1.42. The van der Waals surface area contributed by atoms with Crippen molar-refractivity contribution in [1.29, 1.82) is 0 Å². The maximum absolute atomic E-state index is 9.31. The number of aliphatic hydroxyl groups excluding tert-OH is 2. The maximum Gasteiger partial charge on any atom is 0.119 e. The molecule has 1 saturated heterocycles. The molecule has 0 radical (unpaired) electrons. The van der Waals surface area contributed by atoms with Gasteiger partial charge in [-0.1, -0.05) is 70.2 Å². The molecule has 1 unspecified atom stereocenters. The lowest BCUT2D eigenvalue weighted by Gasteiger charge is -2.48. The summed E-state index contributed by atoms with van der Waals surface area (Å²) in [5, 5.41) is 16.3. The van der Waals surface area contributed by atoms with Crippen LogP contribution in [0.5, 0.6) is 5.75 Å². The Morgan fingerprint density at radius 1 is 1.03 bits per heavy atom. The standard InChI is InChI=1S/C29H38N2O2.2C2H6.CH4O/c1-4-5-6-22(2)21-33-28-13-8-23(9-14-28)7-11-26-12-10-25-19-31(16-15-29(25)30(26)3)27-17-24(18-27)20-32;3*1-2/h4-14,24,27,29,32H,15-21H2,1-3H3;2*1-2H3;2H,1H3/b5-4-,11-7?,22-6+;;;. The van der Waals surface area contributed by atoms with Crippen molar-refractivity contribution in [3.05, 3.63) is 83.1 Å². The minimum Gasteiger partial charge on any atom is -0.489 e. The fourth-order valence-corrected chi connectivity index (χ4v) is 4.98. The Bertz CT molecular complexity index is 953. The topological polar surface area (TPSA) is 56.2 Å². The first-order chi connectivity index (χ1) is 19.1. The zero-order valence-corrected chi connectivity index (χ0v) is 25.7. The monoisotopic (exact) mass is 538 g/mol. The van der Waals surface area contributed by atoms with Gasteiger partial charge in [-0.05, 0) is 80.0 Å². The number of hydrogen-bond acceptors (Lipinski definition) is 5. The minimum absolute atomic E-state index is 0.348. The van der Waals surface area contributed by atoms with Gasteiger partial charge < -0.3 is 19.8 Å². The summed E-state index contributed by atoms with van der Waals surface area (Å²) in [6.07, 6.45) is 18.6. The second-order valence-corrected chi connectivity index (χ2v) is 9.62. The summed E-state index contributed by atoms with van der Waals surface area (Å²) in [6, 6.07) is 9.46. The van der Waals surface area contributed by atoms with Crippen LogP contribution in [0.3, 0.4) is 0 Å². The van der Waals surface area contributed by atoms with E-state index in [2.05, 4.69) is 66.3 Å². The quantitative estimate of drug-likeness (QED) is 0.354. The highest BCUT2D eigenvalue weighted by Gasteiger charge is 2.37. The van der Waals surface area contributed by atoms with E-state index in [-0.39, 0.29) is 0 Å². The van der Waals surface area contributed by atoms with Gasteiger partial charge in [-0.3, -0.25) is 4.90 Å². The average Bonchev–Trinajstić information content (AvgIpc) is 2.98. The van der Waals surface area contributed by atoms with E-state index >= 15 is 0 Å². The van der Waals surface area contributed by atoms with Crippen LogP contribution in [0.25, 0.3) is 6.08 Å². The van der Waals surface area contributed by atoms with Gasteiger partial charge in [0.05, 0.1) is 6.04 Å². The first kappa shape index (κ1) is 34.4. The van der Waals surface area contributed by atoms with Gasteiger partial charge >= 0.3 is 0 Å². The zero-order chi connectivity index (χ0) is 29.2. The molecule has 2 aliphatic heterocycles. The zero-order valence-electron chi connectivity index (χ0n) is 25.7. The van der Waals surface area contributed by atoms with Gasteiger partial charge in [0.2, 0.25) is 0 Å². The van der Waals surface area contributed by atoms with Crippen LogP contribution in [-0.2, 0) is 0 Å². The molecule has 3 aliphatic rings. The number of piperidine rings is 1. The molecule has 1 aromatic carbocycles. The first-order valence-corrected chi connectivity index (χ1v) is 14.7. The van der Waals surface area contributed by atoms with Crippen molar-refractivity contribution in [3.63, 3.8) is 0 Å². The SMILES string of the molecule is C/C=C\C=C(/C)COc1ccc(C=CC2=CC=C3CN(C4CC(CO)C4)CCC3N2C)cc1.CC.CC.CO. The molecule has 4 rings (SSSR count). The van der Waals surface area contributed by atoms with Gasteiger partial charge in [0.15, 0.2) is 0 Å². The third-order valence-electron chi connectivity index (χ3n) is 7.20. The molecule has 1 atom stereocenters. The number of likely N-dealkylation sites (N-methyl/N-ethyl adjacent to an activating group) is 1. The van der Waals surface area contributed by atoms with Crippen LogP contribution in [0.4, 0.5) is 0 Å². The van der Waals surface area contributed by atoms with E-state index in [1.54, 1.807) is 0 Å². The van der Waals surface area contributed by atoms with Crippen molar-refractivity contribution in [2.24, 2.45) is 5.92 Å². The predicted octanol–water partition coefficient (Wildman–Crippen LogP) is 6.86. The molecule has 0 bridgehead atoms. The van der Waals surface area contributed by atoms with Crippen LogP contribution in [0.15, 0.2) is 77.6 Å². The van der Waals surface area contributed by atoms with E-state index in [0.29, 0.717) is 31.2 Å². The largest absolute Gasteiger partial charge is 0.489 e. The number of allylic oxidation sites excluding steroid dienone is 6. The fourth-order valence-electron chi connectivity index (χ4n) is 4.98. The summed E-state index contributed by atoms with van der Waals surface area (Å²) in [6.45, 7) is 15.3. The normalized spacial score (nSPS) is 22.7. The van der Waals surface area contributed by atoms with E-state index in [1.807, 2.05) is 58.9 Å². The Morgan fingerprint density at radius 3 is 2.31 bits per heavy atom. The molecule has 0 aromatic heterocycles. The van der Waals surface area contributed by atoms with Crippen LogP contribution >= 0.6 is 0 Å². The number of likely N-dealkylation sites (tertiary alicyclic amines) is 1. The highest BCUT2D eigenvalue weighted by atomic mass is 16.5. The lowest BCUT2D eigenvalue weighted by molar-refractivity contribution is 0.0358. The molecular weight excluding hydrogens is 484 g/mol. The lowest BCUT2D eigenvalue weighted by atomic mass is 9.78. The van der Waals surface area contributed by atoms with E-state index in [0.717, 1.165) is 38.8 Å². The van der Waals surface area contributed by atoms with Gasteiger partial charge in [-0.2, -0.15) is 0 Å². The third kappa shape index (κ3) is 10.5. The van der Waals surface area contributed by atoms with Gasteiger partial charge in [0, 0.05) is 45.6 Å². The first-order valence-electron chi connectivity index (χ1n) is 14.7. The summed E-state index contributed by atoms with van der Waals surface area (Å²) >= 11 is 0. The second kappa shape index (κ2) is 19.5. The van der Waals surface area contributed by atoms with E-state index in [4.69, 9.17) is 9.84 Å². The summed E-state index contributed by atoms with van der Waals surface area (Å²) in [4.78, 5) is 5.05. The van der Waals surface area contributed by atoms with Crippen LogP contribution in [0, 0.1) is 5.92 Å². The molecular formula is C34H54N2O3. The number of fused-ring (bicyclic) bond motifs is 1. The van der Waals surface area contributed by atoms with E-state index < -0.39 is 0 Å². The number of rotatable bonds is 8. The third-order valence-corrected chi connectivity index (χ3v) is 7.20. The van der Waals surface area contributed by atoms with Crippen molar-refractivity contribution in [1.82, 2.24) is 9.80 Å². The number of nitrogens with zero attached hydrogens (tertiary/aromatic N) is 2. The Labute approximate surface area is 238 Å². The van der Waals surface area contributed by atoms with Crippen LogP contribution in [0.1, 0.15) is 66.4 Å². The highest BCUT2D eigenvalue weighted by molar-refractivity contribution is 5.55. The summed E-state index contributed by atoms with van der Waals surface area (Å²) in [7, 11) is 3.22. The fraction of sp³-hybridized carbons (Fsp3) is 0.529. The Morgan fingerprint density at radius 2 is 1.69 bits per heavy atom. The molecule has 2 N–H and O–H groups in total. The number of benzene rings is 1. The minimum atomic E-state index is 0.348. The van der Waals surface area contributed by atoms with Crippen molar-refractivity contribution in [2.75, 3.05) is 40.5 Å². The van der Waals surface area contributed by atoms with Gasteiger partial charge in [-0.25, -0.2) is 0 Å². The average molecular weight is 539 g/mol. The molecule has 5 heteroatoms. The molecule has 0 spiro atoms. The Kier molecular flexibility index (Phi) is 17.2. The van der Waals surface area contributed by atoms with Crippen LogP contribution in [0.2, 0.25) is 0 Å². The molecule has 1 saturated carbocycles. The molecule has 2 fully saturated rings. The number of aliphatic hydroxyl groups is 2. The second-order valence-electron chi connectivity index (χ2n) is 9.62. The summed E-state index contributed by atoms with van der Waals surface area (Å²) in [5.41, 5.74) is 5.15. The van der Waals surface area contributed by atoms with Crippen molar-refractivity contribution >= 4 is 6.08 Å². The van der Waals surface area contributed by atoms with Gasteiger partial charge in [0.25, 0.3) is 0 Å². The van der Waals surface area contributed by atoms with Crippen molar-refractivity contribution in [2.45, 2.75) is 72.9 Å². The molecule has 1 aliphatic carbocycles. The highest BCUT2D eigenvalue weighted by Crippen LogP contribution is 2.36. The maximum atomic E-state index is 9.31. The smallest absolute Gasteiger partial charge is 0.119 e. The van der Waals surface area contributed by atoms with Crippen LogP contribution in [-0.4, -0.2) is 72.6 Å².